The highest BCUT2D eigenvalue weighted by Crippen LogP contribution is 2.28. The molecule has 0 aromatic carbocycles. The van der Waals surface area contributed by atoms with Crippen molar-refractivity contribution in [1.82, 2.24) is 5.32 Å². The van der Waals surface area contributed by atoms with Crippen LogP contribution in [0.1, 0.15) is 39.0 Å². The summed E-state index contributed by atoms with van der Waals surface area (Å²) in [6, 6.07) is 0.353. The summed E-state index contributed by atoms with van der Waals surface area (Å²) in [7, 11) is 0. The van der Waals surface area contributed by atoms with Crippen molar-refractivity contribution in [1.29, 1.82) is 0 Å². The Kier molecular flexibility index (Phi) is 4.62. The molecule has 2 nitrogen and oxygen atoms in total. The first-order valence-electron chi connectivity index (χ1n) is 5.29. The van der Waals surface area contributed by atoms with E-state index in [1.165, 1.54) is 32.2 Å². The van der Waals surface area contributed by atoms with E-state index < -0.39 is 0 Å². The van der Waals surface area contributed by atoms with Gasteiger partial charge in [0.2, 0.25) is 0 Å². The van der Waals surface area contributed by atoms with Gasteiger partial charge in [-0.25, -0.2) is 0 Å². The van der Waals surface area contributed by atoms with Gasteiger partial charge < -0.3 is 11.1 Å². The summed E-state index contributed by atoms with van der Waals surface area (Å²) in [5, 5.41) is 3.41. The smallest absolute Gasteiger partial charge is 0.0162 e. The average Bonchev–Trinajstić information content (AvgIpc) is 2.00. The molecule has 0 aromatic heterocycles. The van der Waals surface area contributed by atoms with E-state index >= 15 is 0 Å². The van der Waals surface area contributed by atoms with Crippen molar-refractivity contribution in [2.24, 2.45) is 11.7 Å². The molecule has 1 aliphatic rings. The summed E-state index contributed by atoms with van der Waals surface area (Å²) < 4.78 is 0. The van der Waals surface area contributed by atoms with E-state index in [0.29, 0.717) is 6.04 Å². The van der Waals surface area contributed by atoms with Crippen molar-refractivity contribution in [2.45, 2.75) is 45.1 Å². The molecule has 0 spiro atoms. The second kappa shape index (κ2) is 5.55. The van der Waals surface area contributed by atoms with Crippen molar-refractivity contribution in [2.75, 3.05) is 13.1 Å². The van der Waals surface area contributed by atoms with Gasteiger partial charge in [-0.3, -0.25) is 0 Å². The molecule has 3 N–H and O–H groups in total. The zero-order valence-corrected chi connectivity index (χ0v) is 8.18. The summed E-state index contributed by atoms with van der Waals surface area (Å²) in [5.41, 5.74) is 5.77. The van der Waals surface area contributed by atoms with Crippen LogP contribution in [-0.4, -0.2) is 19.1 Å². The maximum atomic E-state index is 5.77. The van der Waals surface area contributed by atoms with Crippen molar-refractivity contribution in [3.8, 4) is 0 Å². The summed E-state index contributed by atoms with van der Waals surface area (Å²) >= 11 is 0. The Bertz CT molecular complexity index is 104. The summed E-state index contributed by atoms with van der Waals surface area (Å²) in [6.45, 7) is 4.29. The van der Waals surface area contributed by atoms with Gasteiger partial charge in [-0.1, -0.05) is 26.2 Å². The Morgan fingerprint density at radius 2 is 2.25 bits per heavy atom. The van der Waals surface area contributed by atoms with Gasteiger partial charge in [-0.15, -0.1) is 0 Å². The van der Waals surface area contributed by atoms with Crippen LogP contribution in [0.15, 0.2) is 0 Å². The summed E-state index contributed by atoms with van der Waals surface area (Å²) in [4.78, 5) is 0. The first-order chi connectivity index (χ1) is 5.83. The fourth-order valence-corrected chi connectivity index (χ4v) is 1.52. The molecule has 0 aliphatic heterocycles. The number of hydrogen-bond acceptors (Lipinski definition) is 2. The third-order valence-corrected chi connectivity index (χ3v) is 2.89. The Morgan fingerprint density at radius 3 is 2.75 bits per heavy atom. The van der Waals surface area contributed by atoms with E-state index in [4.69, 9.17) is 5.73 Å². The first-order valence-corrected chi connectivity index (χ1v) is 5.29. The molecular formula is C10H22N2. The van der Waals surface area contributed by atoms with Crippen LogP contribution in [0.2, 0.25) is 0 Å². The Balaban J connectivity index is 1.82. The van der Waals surface area contributed by atoms with Crippen LogP contribution in [0.25, 0.3) is 0 Å². The average molecular weight is 170 g/mol. The molecular weight excluding hydrogens is 148 g/mol. The summed E-state index contributed by atoms with van der Waals surface area (Å²) in [5.74, 6) is 1.02. The standard InChI is InChI=1S/C10H22N2/c1-2-10(11)8-12-7-6-9-4-3-5-9/h9-10,12H,2-8,11H2,1H3. The van der Waals surface area contributed by atoms with Crippen LogP contribution >= 0.6 is 0 Å². The predicted octanol–water partition coefficient (Wildman–Crippen LogP) is 1.50. The van der Waals surface area contributed by atoms with Gasteiger partial charge in [0.15, 0.2) is 0 Å². The Labute approximate surface area is 75.9 Å². The van der Waals surface area contributed by atoms with Gasteiger partial charge in [0.05, 0.1) is 0 Å². The zero-order valence-electron chi connectivity index (χ0n) is 8.18. The van der Waals surface area contributed by atoms with E-state index in [-0.39, 0.29) is 0 Å². The third-order valence-electron chi connectivity index (χ3n) is 2.89. The monoisotopic (exact) mass is 170 g/mol. The minimum Gasteiger partial charge on any atom is -0.327 e. The van der Waals surface area contributed by atoms with E-state index in [1.807, 2.05) is 0 Å². The van der Waals surface area contributed by atoms with E-state index in [9.17, 15) is 0 Å². The number of nitrogens with two attached hydrogens (primary N) is 1. The van der Waals surface area contributed by atoms with Gasteiger partial charge in [-0.05, 0) is 25.3 Å². The van der Waals surface area contributed by atoms with E-state index in [1.54, 1.807) is 0 Å². The van der Waals surface area contributed by atoms with Crippen LogP contribution in [0.5, 0.6) is 0 Å². The fourth-order valence-electron chi connectivity index (χ4n) is 1.52. The minimum absolute atomic E-state index is 0.353. The normalized spacial score (nSPS) is 20.5. The molecule has 0 saturated heterocycles. The molecule has 0 heterocycles. The van der Waals surface area contributed by atoms with Crippen molar-refractivity contribution in [3.63, 3.8) is 0 Å². The maximum absolute atomic E-state index is 5.77. The molecule has 1 atom stereocenters. The van der Waals surface area contributed by atoms with Crippen LogP contribution in [0.4, 0.5) is 0 Å². The van der Waals surface area contributed by atoms with E-state index in [2.05, 4.69) is 12.2 Å². The molecule has 0 radical (unpaired) electrons. The highest BCUT2D eigenvalue weighted by atomic mass is 14.9. The fraction of sp³-hybridized carbons (Fsp3) is 1.00. The topological polar surface area (TPSA) is 38.0 Å². The number of rotatable bonds is 6. The lowest BCUT2D eigenvalue weighted by Crippen LogP contribution is -2.34. The second-order valence-electron chi connectivity index (χ2n) is 3.96. The molecule has 1 aliphatic carbocycles. The highest BCUT2D eigenvalue weighted by molar-refractivity contribution is 4.71. The highest BCUT2D eigenvalue weighted by Gasteiger charge is 2.16. The van der Waals surface area contributed by atoms with Crippen LogP contribution in [-0.2, 0) is 0 Å². The molecule has 0 amide bonds. The molecule has 0 bridgehead atoms. The van der Waals surface area contributed by atoms with Crippen LogP contribution in [0.3, 0.4) is 0 Å². The molecule has 1 unspecified atom stereocenters. The third kappa shape index (κ3) is 3.55. The van der Waals surface area contributed by atoms with Gasteiger partial charge in [-0.2, -0.15) is 0 Å². The molecule has 1 saturated carbocycles. The largest absolute Gasteiger partial charge is 0.327 e. The molecule has 72 valence electrons. The van der Waals surface area contributed by atoms with Crippen LogP contribution < -0.4 is 11.1 Å². The van der Waals surface area contributed by atoms with Crippen molar-refractivity contribution >= 4 is 0 Å². The number of nitrogens with one attached hydrogen (secondary N) is 1. The predicted molar refractivity (Wildman–Crippen MR) is 53.1 cm³/mol. The lowest BCUT2D eigenvalue weighted by molar-refractivity contribution is 0.291. The van der Waals surface area contributed by atoms with Gasteiger partial charge in [0.25, 0.3) is 0 Å². The summed E-state index contributed by atoms with van der Waals surface area (Å²) in [6.07, 6.45) is 6.81. The molecule has 2 heteroatoms. The first kappa shape index (κ1) is 10.0. The minimum atomic E-state index is 0.353. The van der Waals surface area contributed by atoms with E-state index in [0.717, 1.165) is 18.9 Å². The van der Waals surface area contributed by atoms with Gasteiger partial charge >= 0.3 is 0 Å². The number of hydrogen-bond donors (Lipinski definition) is 2. The maximum Gasteiger partial charge on any atom is 0.0162 e. The van der Waals surface area contributed by atoms with Gasteiger partial charge in [0, 0.05) is 12.6 Å². The van der Waals surface area contributed by atoms with Crippen LogP contribution in [0, 0.1) is 5.92 Å². The molecule has 1 rings (SSSR count). The Morgan fingerprint density at radius 1 is 1.50 bits per heavy atom. The van der Waals surface area contributed by atoms with Gasteiger partial charge in [0.1, 0.15) is 0 Å². The lowest BCUT2D eigenvalue weighted by Gasteiger charge is -2.25. The zero-order chi connectivity index (χ0) is 8.81. The molecule has 12 heavy (non-hydrogen) atoms. The van der Waals surface area contributed by atoms with Crippen molar-refractivity contribution < 1.29 is 0 Å². The molecule has 0 aromatic rings. The lowest BCUT2D eigenvalue weighted by atomic mass is 9.83. The molecule has 1 fully saturated rings. The van der Waals surface area contributed by atoms with Crippen molar-refractivity contribution in [3.05, 3.63) is 0 Å². The second-order valence-corrected chi connectivity index (χ2v) is 3.96. The quantitative estimate of drug-likeness (QED) is 0.593. The SMILES string of the molecule is CCC(N)CNCCC1CCC1. The Hall–Kier alpha value is -0.0800.